The van der Waals surface area contributed by atoms with Crippen LogP contribution in [0.15, 0.2) is 18.3 Å². The van der Waals surface area contributed by atoms with Gasteiger partial charge in [0.2, 0.25) is 0 Å². The van der Waals surface area contributed by atoms with Crippen molar-refractivity contribution in [2.24, 2.45) is 5.73 Å². The van der Waals surface area contributed by atoms with Crippen LogP contribution in [0, 0.1) is 11.3 Å². The molecule has 2 rings (SSSR count). The summed E-state index contributed by atoms with van der Waals surface area (Å²) in [6.07, 6.45) is 1.50. The molecule has 0 radical (unpaired) electrons. The third-order valence-corrected chi connectivity index (χ3v) is 1.89. The molecule has 2 heterocycles. The third kappa shape index (κ3) is 1.19. The number of nitrogens with zero attached hydrogens (tertiary/aromatic N) is 2. The molecule has 5 nitrogen and oxygen atoms in total. The number of H-pyrrole nitrogens is 1. The highest BCUT2D eigenvalue weighted by Gasteiger charge is 2.06. The van der Waals surface area contributed by atoms with E-state index in [1.165, 1.54) is 6.20 Å². The standard InChI is InChI=1S/C9H6N4O/c10-3-6-1-5-2-7(9(11)14)13-8(5)4-12-6/h1-2,4,13H,(H2,11,14). The van der Waals surface area contributed by atoms with Crippen molar-refractivity contribution in [1.29, 1.82) is 5.26 Å². The van der Waals surface area contributed by atoms with Crippen LogP contribution in [-0.4, -0.2) is 15.9 Å². The van der Waals surface area contributed by atoms with E-state index in [0.717, 1.165) is 5.39 Å². The Kier molecular flexibility index (Phi) is 1.68. The average Bonchev–Trinajstić information content (AvgIpc) is 2.59. The van der Waals surface area contributed by atoms with E-state index < -0.39 is 5.91 Å². The number of fused-ring (bicyclic) bond motifs is 1. The molecule has 0 unspecified atom stereocenters. The first kappa shape index (κ1) is 8.26. The highest BCUT2D eigenvalue weighted by Crippen LogP contribution is 2.14. The number of nitriles is 1. The van der Waals surface area contributed by atoms with Crippen LogP contribution < -0.4 is 5.73 Å². The largest absolute Gasteiger partial charge is 0.364 e. The average molecular weight is 186 g/mol. The molecule has 0 saturated carbocycles. The van der Waals surface area contributed by atoms with Crippen LogP contribution in [0.4, 0.5) is 0 Å². The van der Waals surface area contributed by atoms with Crippen molar-refractivity contribution in [3.05, 3.63) is 29.7 Å². The Morgan fingerprint density at radius 1 is 1.57 bits per heavy atom. The van der Waals surface area contributed by atoms with Crippen molar-refractivity contribution in [2.45, 2.75) is 0 Å². The molecule has 0 aliphatic heterocycles. The summed E-state index contributed by atoms with van der Waals surface area (Å²) in [4.78, 5) is 17.5. The Bertz CT molecular complexity index is 549. The Morgan fingerprint density at radius 3 is 3.00 bits per heavy atom. The lowest BCUT2D eigenvalue weighted by molar-refractivity contribution is 0.0996. The van der Waals surface area contributed by atoms with E-state index in [-0.39, 0.29) is 0 Å². The summed E-state index contributed by atoms with van der Waals surface area (Å²) in [7, 11) is 0. The zero-order valence-electron chi connectivity index (χ0n) is 7.11. The Morgan fingerprint density at radius 2 is 2.36 bits per heavy atom. The van der Waals surface area contributed by atoms with E-state index >= 15 is 0 Å². The first-order chi connectivity index (χ1) is 6.70. The van der Waals surface area contributed by atoms with Gasteiger partial charge in [-0.05, 0) is 12.1 Å². The van der Waals surface area contributed by atoms with Gasteiger partial charge in [0.15, 0.2) is 0 Å². The number of nitrogens with two attached hydrogens (primary N) is 1. The Balaban J connectivity index is 2.67. The van der Waals surface area contributed by atoms with Crippen LogP contribution in [0.5, 0.6) is 0 Å². The minimum Gasteiger partial charge on any atom is -0.364 e. The SMILES string of the molecule is N#Cc1cc2cc(C(N)=O)[nH]c2cn1. The molecular formula is C9H6N4O. The van der Waals surface area contributed by atoms with Crippen molar-refractivity contribution in [3.8, 4) is 6.07 Å². The van der Waals surface area contributed by atoms with Crippen LogP contribution in [0.25, 0.3) is 10.9 Å². The minimum atomic E-state index is -0.528. The molecular weight excluding hydrogens is 180 g/mol. The molecule has 0 aliphatic rings. The highest BCUT2D eigenvalue weighted by molar-refractivity contribution is 5.96. The topological polar surface area (TPSA) is 95.6 Å². The predicted octanol–water partition coefficient (Wildman–Crippen LogP) is 0.533. The summed E-state index contributed by atoms with van der Waals surface area (Å²) in [6.45, 7) is 0. The van der Waals surface area contributed by atoms with Gasteiger partial charge in [0, 0.05) is 5.39 Å². The summed E-state index contributed by atoms with van der Waals surface area (Å²) in [5.74, 6) is -0.528. The fourth-order valence-electron chi connectivity index (χ4n) is 1.23. The minimum absolute atomic E-state index is 0.313. The van der Waals surface area contributed by atoms with E-state index in [0.29, 0.717) is 16.9 Å². The molecule has 0 atom stereocenters. The van der Waals surface area contributed by atoms with Crippen LogP contribution in [0.1, 0.15) is 16.2 Å². The molecule has 0 aliphatic carbocycles. The van der Waals surface area contributed by atoms with Gasteiger partial charge in [-0.3, -0.25) is 4.79 Å². The quantitative estimate of drug-likeness (QED) is 0.680. The third-order valence-electron chi connectivity index (χ3n) is 1.89. The van der Waals surface area contributed by atoms with Crippen LogP contribution in [0.2, 0.25) is 0 Å². The van der Waals surface area contributed by atoms with Gasteiger partial charge in [-0.15, -0.1) is 0 Å². The second kappa shape index (κ2) is 2.85. The number of hydrogen-bond donors (Lipinski definition) is 2. The lowest BCUT2D eigenvalue weighted by Crippen LogP contribution is -2.10. The maximum atomic E-state index is 10.8. The van der Waals surface area contributed by atoms with E-state index in [1.807, 2.05) is 6.07 Å². The predicted molar refractivity (Wildman–Crippen MR) is 49.3 cm³/mol. The molecule has 0 aromatic carbocycles. The number of nitrogens with one attached hydrogen (secondary N) is 1. The smallest absolute Gasteiger partial charge is 0.265 e. The molecule has 5 heteroatoms. The summed E-state index contributed by atoms with van der Waals surface area (Å²) in [6, 6.07) is 5.11. The fourth-order valence-corrected chi connectivity index (χ4v) is 1.23. The number of hydrogen-bond acceptors (Lipinski definition) is 3. The number of aromatic nitrogens is 2. The van der Waals surface area contributed by atoms with Crippen LogP contribution in [-0.2, 0) is 0 Å². The second-order valence-electron chi connectivity index (χ2n) is 2.82. The summed E-state index contributed by atoms with van der Waals surface area (Å²) >= 11 is 0. The molecule has 3 N–H and O–H groups in total. The van der Waals surface area contributed by atoms with Crippen molar-refractivity contribution in [2.75, 3.05) is 0 Å². The number of aromatic amines is 1. The molecule has 0 bridgehead atoms. The van der Waals surface area contributed by atoms with E-state index in [9.17, 15) is 4.79 Å². The molecule has 1 amide bonds. The zero-order chi connectivity index (χ0) is 10.1. The number of rotatable bonds is 1. The Hall–Kier alpha value is -2.35. The molecule has 2 aromatic heterocycles. The van der Waals surface area contributed by atoms with Crippen molar-refractivity contribution in [1.82, 2.24) is 9.97 Å². The molecule has 68 valence electrons. The van der Waals surface area contributed by atoms with Gasteiger partial charge in [-0.2, -0.15) is 5.26 Å². The maximum absolute atomic E-state index is 10.8. The van der Waals surface area contributed by atoms with Gasteiger partial charge in [-0.1, -0.05) is 0 Å². The number of carbonyl (C=O) groups excluding carboxylic acids is 1. The maximum Gasteiger partial charge on any atom is 0.265 e. The number of pyridine rings is 1. The number of primary amides is 1. The molecule has 0 spiro atoms. The zero-order valence-corrected chi connectivity index (χ0v) is 7.11. The highest BCUT2D eigenvalue weighted by atomic mass is 16.1. The number of amides is 1. The van der Waals surface area contributed by atoms with Gasteiger partial charge in [0.05, 0.1) is 11.7 Å². The van der Waals surface area contributed by atoms with Gasteiger partial charge in [0.25, 0.3) is 5.91 Å². The molecule has 2 aromatic rings. The molecule has 0 fully saturated rings. The lowest BCUT2D eigenvalue weighted by atomic mass is 10.2. The monoisotopic (exact) mass is 186 g/mol. The fraction of sp³-hybridized carbons (Fsp3) is 0. The molecule has 0 saturated heterocycles. The lowest BCUT2D eigenvalue weighted by Gasteiger charge is -1.88. The van der Waals surface area contributed by atoms with E-state index in [1.54, 1.807) is 12.1 Å². The Labute approximate surface area is 79.2 Å². The van der Waals surface area contributed by atoms with Gasteiger partial charge < -0.3 is 10.7 Å². The number of carbonyl (C=O) groups is 1. The van der Waals surface area contributed by atoms with Gasteiger partial charge in [0.1, 0.15) is 17.5 Å². The van der Waals surface area contributed by atoms with Crippen molar-refractivity contribution >= 4 is 16.8 Å². The van der Waals surface area contributed by atoms with E-state index in [4.69, 9.17) is 11.0 Å². The van der Waals surface area contributed by atoms with E-state index in [2.05, 4.69) is 9.97 Å². The summed E-state index contributed by atoms with van der Waals surface area (Å²) in [5, 5.41) is 9.35. The second-order valence-corrected chi connectivity index (χ2v) is 2.82. The van der Waals surface area contributed by atoms with Crippen LogP contribution >= 0.6 is 0 Å². The summed E-state index contributed by atoms with van der Waals surface area (Å²) in [5.41, 5.74) is 6.41. The first-order valence-corrected chi connectivity index (χ1v) is 3.89. The normalized spacial score (nSPS) is 9.93. The van der Waals surface area contributed by atoms with Gasteiger partial charge >= 0.3 is 0 Å². The molecule has 14 heavy (non-hydrogen) atoms. The first-order valence-electron chi connectivity index (χ1n) is 3.89. The summed E-state index contributed by atoms with van der Waals surface area (Å²) < 4.78 is 0. The van der Waals surface area contributed by atoms with Crippen molar-refractivity contribution < 1.29 is 4.79 Å². The van der Waals surface area contributed by atoms with Crippen molar-refractivity contribution in [3.63, 3.8) is 0 Å². The van der Waals surface area contributed by atoms with Crippen LogP contribution in [0.3, 0.4) is 0 Å². The van der Waals surface area contributed by atoms with Gasteiger partial charge in [-0.25, -0.2) is 4.98 Å².